The Labute approximate surface area is 99.2 Å². The highest BCUT2D eigenvalue weighted by Crippen LogP contribution is 2.33. The monoisotopic (exact) mass is 298 g/mol. The molecular formula is C10H10BrF3O2. The number of hydrogen-bond acceptors (Lipinski definition) is 2. The Morgan fingerprint density at radius 1 is 1.44 bits per heavy atom. The van der Waals surface area contributed by atoms with Crippen LogP contribution in [0.2, 0.25) is 0 Å². The van der Waals surface area contributed by atoms with E-state index in [1.807, 2.05) is 0 Å². The summed E-state index contributed by atoms with van der Waals surface area (Å²) in [6.07, 6.45) is -7.19. The van der Waals surface area contributed by atoms with E-state index in [-0.39, 0.29) is 5.56 Å². The molecule has 1 aromatic rings. The van der Waals surface area contributed by atoms with Crippen molar-refractivity contribution in [3.05, 3.63) is 28.2 Å². The van der Waals surface area contributed by atoms with Crippen LogP contribution >= 0.6 is 15.9 Å². The van der Waals surface area contributed by atoms with Gasteiger partial charge in [0.25, 0.3) is 0 Å². The van der Waals surface area contributed by atoms with Crippen molar-refractivity contribution in [2.24, 2.45) is 0 Å². The summed E-state index contributed by atoms with van der Waals surface area (Å²) < 4.78 is 41.6. The Balaban J connectivity index is 2.85. The lowest BCUT2D eigenvalue weighted by atomic mass is 10.1. The zero-order valence-corrected chi connectivity index (χ0v) is 9.97. The Hall–Kier alpha value is -0.750. The topological polar surface area (TPSA) is 29.5 Å². The van der Waals surface area contributed by atoms with Crippen molar-refractivity contribution in [1.82, 2.24) is 0 Å². The van der Waals surface area contributed by atoms with Gasteiger partial charge in [-0.3, -0.25) is 0 Å². The van der Waals surface area contributed by atoms with Gasteiger partial charge in [-0.1, -0.05) is 6.07 Å². The summed E-state index contributed by atoms with van der Waals surface area (Å²) in [5.74, 6) is 0.503. The van der Waals surface area contributed by atoms with Crippen molar-refractivity contribution in [2.75, 3.05) is 7.11 Å². The molecule has 0 amide bonds. The van der Waals surface area contributed by atoms with Crippen molar-refractivity contribution in [1.29, 1.82) is 0 Å². The molecule has 0 radical (unpaired) electrons. The molecular weight excluding hydrogens is 289 g/mol. The summed E-state index contributed by atoms with van der Waals surface area (Å²) in [6.45, 7) is 0. The first-order valence-corrected chi connectivity index (χ1v) is 5.21. The molecule has 0 aliphatic heterocycles. The summed E-state index contributed by atoms with van der Waals surface area (Å²) in [5, 5.41) is 9.36. The van der Waals surface area contributed by atoms with Crippen LogP contribution in [0.1, 0.15) is 18.1 Å². The molecule has 1 rings (SSSR count). The van der Waals surface area contributed by atoms with Gasteiger partial charge in [-0.15, -0.1) is 0 Å². The third kappa shape index (κ3) is 3.68. The van der Waals surface area contributed by atoms with Crippen LogP contribution in [0.15, 0.2) is 22.7 Å². The van der Waals surface area contributed by atoms with Crippen molar-refractivity contribution >= 4 is 15.9 Å². The summed E-state index contributed by atoms with van der Waals surface area (Å²) >= 11 is 3.14. The number of methoxy groups -OCH3 is 1. The van der Waals surface area contributed by atoms with Gasteiger partial charge in [-0.05, 0) is 33.6 Å². The van der Waals surface area contributed by atoms with Crippen LogP contribution in [0.4, 0.5) is 13.2 Å². The maximum absolute atomic E-state index is 12.0. The van der Waals surface area contributed by atoms with E-state index in [9.17, 15) is 18.3 Å². The largest absolute Gasteiger partial charge is 0.496 e. The highest BCUT2D eigenvalue weighted by molar-refractivity contribution is 9.10. The van der Waals surface area contributed by atoms with Crippen LogP contribution < -0.4 is 4.74 Å². The molecule has 1 atom stereocenters. The zero-order chi connectivity index (χ0) is 12.3. The standard InChI is InChI=1S/C10H10BrF3O2/c1-16-9-3-2-6(4-7(9)11)8(15)5-10(12,13)14/h2-4,8,15H,5H2,1H3. The van der Waals surface area contributed by atoms with Crippen LogP contribution in [0.3, 0.4) is 0 Å². The maximum atomic E-state index is 12.0. The average Bonchev–Trinajstić information content (AvgIpc) is 2.15. The van der Waals surface area contributed by atoms with Crippen molar-refractivity contribution in [2.45, 2.75) is 18.7 Å². The Morgan fingerprint density at radius 3 is 2.50 bits per heavy atom. The summed E-state index contributed by atoms with van der Waals surface area (Å²) in [4.78, 5) is 0. The second-order valence-corrected chi connectivity index (χ2v) is 4.08. The number of halogens is 4. The van der Waals surface area contributed by atoms with E-state index < -0.39 is 18.7 Å². The minimum absolute atomic E-state index is 0.199. The molecule has 0 heterocycles. The van der Waals surface area contributed by atoms with Crippen LogP contribution in [-0.2, 0) is 0 Å². The highest BCUT2D eigenvalue weighted by Gasteiger charge is 2.31. The lowest BCUT2D eigenvalue weighted by Gasteiger charge is -2.14. The molecule has 0 saturated heterocycles. The fraction of sp³-hybridized carbons (Fsp3) is 0.400. The van der Waals surface area contributed by atoms with Crippen LogP contribution in [0.25, 0.3) is 0 Å². The van der Waals surface area contributed by atoms with Gasteiger partial charge in [0.1, 0.15) is 5.75 Å². The van der Waals surface area contributed by atoms with Gasteiger partial charge in [-0.25, -0.2) is 0 Å². The van der Waals surface area contributed by atoms with E-state index in [0.717, 1.165) is 0 Å². The lowest BCUT2D eigenvalue weighted by molar-refractivity contribution is -0.154. The first-order chi connectivity index (χ1) is 7.33. The summed E-state index contributed by atoms with van der Waals surface area (Å²) in [5.41, 5.74) is 0.199. The molecule has 0 bridgehead atoms. The van der Waals surface area contributed by atoms with Crippen molar-refractivity contribution in [3.63, 3.8) is 0 Å². The van der Waals surface area contributed by atoms with E-state index in [1.54, 1.807) is 0 Å². The number of alkyl halides is 3. The third-order valence-electron chi connectivity index (χ3n) is 1.99. The number of aliphatic hydroxyl groups excluding tert-OH is 1. The maximum Gasteiger partial charge on any atom is 0.391 e. The molecule has 1 N–H and O–H groups in total. The second kappa shape index (κ2) is 5.05. The number of aliphatic hydroxyl groups is 1. The van der Waals surface area contributed by atoms with Gasteiger partial charge in [0.05, 0.1) is 24.1 Å². The summed E-state index contributed by atoms with van der Waals surface area (Å²) in [6, 6.07) is 4.31. The minimum atomic E-state index is -4.38. The molecule has 1 unspecified atom stereocenters. The predicted octanol–water partition coefficient (Wildman–Crippen LogP) is 3.44. The Bertz CT molecular complexity index is 366. The van der Waals surface area contributed by atoms with Gasteiger partial charge in [0.15, 0.2) is 0 Å². The number of ether oxygens (including phenoxy) is 1. The fourth-order valence-electron chi connectivity index (χ4n) is 1.23. The van der Waals surface area contributed by atoms with Gasteiger partial charge in [0.2, 0.25) is 0 Å². The number of benzene rings is 1. The van der Waals surface area contributed by atoms with E-state index in [0.29, 0.717) is 10.2 Å². The molecule has 0 aliphatic carbocycles. The van der Waals surface area contributed by atoms with E-state index in [1.165, 1.54) is 25.3 Å². The predicted molar refractivity (Wildman–Crippen MR) is 56.3 cm³/mol. The number of hydrogen-bond donors (Lipinski definition) is 1. The normalized spacial score (nSPS) is 13.6. The summed E-state index contributed by atoms with van der Waals surface area (Å²) in [7, 11) is 1.45. The van der Waals surface area contributed by atoms with E-state index in [4.69, 9.17) is 4.74 Å². The average molecular weight is 299 g/mol. The second-order valence-electron chi connectivity index (χ2n) is 3.23. The Kier molecular flexibility index (Phi) is 4.21. The van der Waals surface area contributed by atoms with E-state index in [2.05, 4.69) is 15.9 Å². The highest BCUT2D eigenvalue weighted by atomic mass is 79.9. The molecule has 6 heteroatoms. The molecule has 0 aromatic heterocycles. The molecule has 0 fully saturated rings. The van der Waals surface area contributed by atoms with Crippen LogP contribution in [0.5, 0.6) is 5.75 Å². The fourth-order valence-corrected chi connectivity index (χ4v) is 1.79. The lowest BCUT2D eigenvalue weighted by Crippen LogP contribution is -2.13. The molecule has 0 spiro atoms. The van der Waals surface area contributed by atoms with Crippen molar-refractivity contribution < 1.29 is 23.0 Å². The van der Waals surface area contributed by atoms with Gasteiger partial charge < -0.3 is 9.84 Å². The third-order valence-corrected chi connectivity index (χ3v) is 2.61. The first-order valence-electron chi connectivity index (χ1n) is 4.42. The van der Waals surface area contributed by atoms with E-state index >= 15 is 0 Å². The molecule has 2 nitrogen and oxygen atoms in total. The molecule has 0 aliphatic rings. The van der Waals surface area contributed by atoms with Gasteiger partial charge >= 0.3 is 6.18 Å². The zero-order valence-electron chi connectivity index (χ0n) is 8.38. The van der Waals surface area contributed by atoms with Gasteiger partial charge in [0, 0.05) is 0 Å². The Morgan fingerprint density at radius 2 is 2.06 bits per heavy atom. The van der Waals surface area contributed by atoms with Crippen molar-refractivity contribution in [3.8, 4) is 5.75 Å². The quantitative estimate of drug-likeness (QED) is 0.926. The smallest absolute Gasteiger partial charge is 0.391 e. The molecule has 1 aromatic carbocycles. The molecule has 90 valence electrons. The minimum Gasteiger partial charge on any atom is -0.496 e. The first kappa shape index (κ1) is 13.3. The van der Waals surface area contributed by atoms with Crippen LogP contribution in [0, 0.1) is 0 Å². The molecule has 16 heavy (non-hydrogen) atoms. The molecule has 0 saturated carbocycles. The SMILES string of the molecule is COc1ccc(C(O)CC(F)(F)F)cc1Br. The van der Waals surface area contributed by atoms with Crippen LogP contribution in [-0.4, -0.2) is 18.4 Å². The van der Waals surface area contributed by atoms with Gasteiger partial charge in [-0.2, -0.15) is 13.2 Å². The number of rotatable bonds is 3.